The van der Waals surface area contributed by atoms with Crippen LogP contribution in [0.1, 0.15) is 30.4 Å². The first kappa shape index (κ1) is 12.9. The lowest BCUT2D eigenvalue weighted by Gasteiger charge is -2.37. The lowest BCUT2D eigenvalue weighted by molar-refractivity contribution is -0.0627. The van der Waals surface area contributed by atoms with Crippen molar-refractivity contribution in [3.63, 3.8) is 0 Å². The number of benzene rings is 1. The Labute approximate surface area is 119 Å². The van der Waals surface area contributed by atoms with Gasteiger partial charge in [0.1, 0.15) is 10.8 Å². The SMILES string of the molecule is Cc1ccc(CN2CCC3(CC2)CC(Cl)=NO3)cc1. The predicted octanol–water partition coefficient (Wildman–Crippen LogP) is 3.30. The van der Waals surface area contributed by atoms with Crippen LogP contribution in [0.15, 0.2) is 29.4 Å². The van der Waals surface area contributed by atoms with E-state index in [1.54, 1.807) is 0 Å². The molecule has 1 aromatic carbocycles. The van der Waals surface area contributed by atoms with Gasteiger partial charge in [-0.25, -0.2) is 0 Å². The first-order valence-electron chi connectivity index (χ1n) is 6.84. The smallest absolute Gasteiger partial charge is 0.149 e. The third-order valence-corrected chi connectivity index (χ3v) is 4.30. The van der Waals surface area contributed by atoms with Gasteiger partial charge in [0.05, 0.1) is 0 Å². The van der Waals surface area contributed by atoms with Gasteiger partial charge in [0.2, 0.25) is 0 Å². The molecule has 3 rings (SSSR count). The van der Waals surface area contributed by atoms with Crippen molar-refractivity contribution in [3.05, 3.63) is 35.4 Å². The van der Waals surface area contributed by atoms with Gasteiger partial charge >= 0.3 is 0 Å². The first-order chi connectivity index (χ1) is 9.15. The molecule has 1 spiro atoms. The minimum atomic E-state index is -0.110. The van der Waals surface area contributed by atoms with Gasteiger partial charge in [-0.15, -0.1) is 0 Å². The van der Waals surface area contributed by atoms with Crippen molar-refractivity contribution < 1.29 is 4.84 Å². The Balaban J connectivity index is 1.55. The summed E-state index contributed by atoms with van der Waals surface area (Å²) in [7, 11) is 0. The maximum atomic E-state index is 5.93. The molecule has 4 heteroatoms. The van der Waals surface area contributed by atoms with Gasteiger partial charge in [0, 0.05) is 38.9 Å². The number of hydrogen-bond donors (Lipinski definition) is 0. The number of nitrogens with zero attached hydrogens (tertiary/aromatic N) is 2. The van der Waals surface area contributed by atoms with Crippen molar-refractivity contribution in [1.29, 1.82) is 0 Å². The molecule has 3 nitrogen and oxygen atoms in total. The third-order valence-electron chi connectivity index (χ3n) is 4.10. The van der Waals surface area contributed by atoms with E-state index in [0.717, 1.165) is 38.9 Å². The Kier molecular flexibility index (Phi) is 3.50. The zero-order valence-electron chi connectivity index (χ0n) is 11.2. The lowest BCUT2D eigenvalue weighted by Crippen LogP contribution is -2.44. The summed E-state index contributed by atoms with van der Waals surface area (Å²) in [5.41, 5.74) is 2.58. The highest BCUT2D eigenvalue weighted by Gasteiger charge is 2.41. The van der Waals surface area contributed by atoms with Crippen LogP contribution in [0.2, 0.25) is 0 Å². The monoisotopic (exact) mass is 278 g/mol. The van der Waals surface area contributed by atoms with Gasteiger partial charge in [0.15, 0.2) is 0 Å². The molecule has 0 N–H and O–H groups in total. The predicted molar refractivity (Wildman–Crippen MR) is 77.4 cm³/mol. The molecule has 0 radical (unpaired) electrons. The second kappa shape index (κ2) is 5.14. The van der Waals surface area contributed by atoms with Gasteiger partial charge in [0.25, 0.3) is 0 Å². The molecule has 0 bridgehead atoms. The van der Waals surface area contributed by atoms with E-state index in [9.17, 15) is 0 Å². The molecule has 1 saturated heterocycles. The summed E-state index contributed by atoms with van der Waals surface area (Å²) in [4.78, 5) is 8.01. The molecule has 102 valence electrons. The van der Waals surface area contributed by atoms with E-state index in [1.165, 1.54) is 11.1 Å². The molecule has 0 amide bonds. The van der Waals surface area contributed by atoms with Crippen LogP contribution >= 0.6 is 11.6 Å². The molecular weight excluding hydrogens is 260 g/mol. The number of aryl methyl sites for hydroxylation is 1. The average Bonchev–Trinajstić information content (AvgIpc) is 2.77. The van der Waals surface area contributed by atoms with Crippen LogP contribution < -0.4 is 0 Å². The fourth-order valence-corrected chi connectivity index (χ4v) is 3.09. The largest absolute Gasteiger partial charge is 0.388 e. The molecule has 0 unspecified atom stereocenters. The topological polar surface area (TPSA) is 24.8 Å². The second-order valence-corrected chi connectivity index (χ2v) is 6.12. The van der Waals surface area contributed by atoms with Crippen molar-refractivity contribution in [2.45, 2.75) is 38.3 Å². The molecule has 1 aromatic rings. The standard InChI is InChI=1S/C15H19ClN2O/c1-12-2-4-13(5-3-12)11-18-8-6-15(7-9-18)10-14(16)17-19-15/h2-5H,6-11H2,1H3. The van der Waals surface area contributed by atoms with Crippen LogP contribution in [0.25, 0.3) is 0 Å². The van der Waals surface area contributed by atoms with Crippen LogP contribution in [-0.2, 0) is 11.4 Å². The van der Waals surface area contributed by atoms with Gasteiger partial charge in [-0.3, -0.25) is 4.90 Å². The van der Waals surface area contributed by atoms with Crippen molar-refractivity contribution in [2.24, 2.45) is 5.16 Å². The van der Waals surface area contributed by atoms with Gasteiger partial charge in [-0.1, -0.05) is 46.6 Å². The zero-order chi connectivity index (χ0) is 13.3. The van der Waals surface area contributed by atoms with E-state index < -0.39 is 0 Å². The summed E-state index contributed by atoms with van der Waals surface area (Å²) in [6, 6.07) is 8.78. The Morgan fingerprint density at radius 3 is 2.53 bits per heavy atom. The van der Waals surface area contributed by atoms with Gasteiger partial charge in [-0.05, 0) is 12.5 Å². The molecule has 0 aromatic heterocycles. The molecule has 2 aliphatic heterocycles. The maximum Gasteiger partial charge on any atom is 0.149 e. The number of hydrogen-bond acceptors (Lipinski definition) is 3. The fraction of sp³-hybridized carbons (Fsp3) is 0.533. The molecule has 0 saturated carbocycles. The number of piperidine rings is 1. The average molecular weight is 279 g/mol. The van der Waals surface area contributed by atoms with E-state index in [0.29, 0.717) is 5.17 Å². The molecule has 2 heterocycles. The first-order valence-corrected chi connectivity index (χ1v) is 7.22. The highest BCUT2D eigenvalue weighted by Crippen LogP contribution is 2.35. The van der Waals surface area contributed by atoms with Crippen LogP contribution in [0, 0.1) is 6.92 Å². The summed E-state index contributed by atoms with van der Waals surface area (Å²) in [5, 5.41) is 4.51. The van der Waals surface area contributed by atoms with Crippen molar-refractivity contribution in [2.75, 3.05) is 13.1 Å². The van der Waals surface area contributed by atoms with E-state index in [1.807, 2.05) is 0 Å². The minimum absolute atomic E-state index is 0.110. The van der Waals surface area contributed by atoms with Crippen LogP contribution in [-0.4, -0.2) is 28.8 Å². The lowest BCUT2D eigenvalue weighted by atomic mass is 9.89. The molecule has 1 fully saturated rings. The Morgan fingerprint density at radius 1 is 1.26 bits per heavy atom. The van der Waals surface area contributed by atoms with Crippen LogP contribution in [0.5, 0.6) is 0 Å². The fourth-order valence-electron chi connectivity index (χ4n) is 2.82. The summed E-state index contributed by atoms with van der Waals surface area (Å²) in [5.74, 6) is 0. The van der Waals surface area contributed by atoms with Crippen LogP contribution in [0.4, 0.5) is 0 Å². The van der Waals surface area contributed by atoms with E-state index in [-0.39, 0.29) is 5.60 Å². The van der Waals surface area contributed by atoms with E-state index in [2.05, 4.69) is 41.2 Å². The van der Waals surface area contributed by atoms with Gasteiger partial charge < -0.3 is 4.84 Å². The molecule has 0 aliphatic carbocycles. The molecule has 0 atom stereocenters. The zero-order valence-corrected chi connectivity index (χ0v) is 12.0. The minimum Gasteiger partial charge on any atom is -0.388 e. The summed E-state index contributed by atoms with van der Waals surface area (Å²) in [6.45, 7) is 5.24. The van der Waals surface area contributed by atoms with Crippen molar-refractivity contribution in [1.82, 2.24) is 4.90 Å². The number of oxime groups is 1. The second-order valence-electron chi connectivity index (χ2n) is 5.68. The Morgan fingerprint density at radius 2 is 1.95 bits per heavy atom. The van der Waals surface area contributed by atoms with E-state index in [4.69, 9.17) is 16.4 Å². The molecule has 19 heavy (non-hydrogen) atoms. The summed E-state index contributed by atoms with van der Waals surface area (Å²) < 4.78 is 0. The van der Waals surface area contributed by atoms with Crippen LogP contribution in [0.3, 0.4) is 0 Å². The summed E-state index contributed by atoms with van der Waals surface area (Å²) in [6.07, 6.45) is 2.81. The number of likely N-dealkylation sites (tertiary alicyclic amines) is 1. The molecular formula is C15H19ClN2O. The van der Waals surface area contributed by atoms with Crippen molar-refractivity contribution >= 4 is 16.8 Å². The summed E-state index contributed by atoms with van der Waals surface area (Å²) >= 11 is 5.93. The molecule has 2 aliphatic rings. The normalized spacial score (nSPS) is 22.3. The van der Waals surface area contributed by atoms with Gasteiger partial charge in [-0.2, -0.15) is 0 Å². The number of rotatable bonds is 2. The third kappa shape index (κ3) is 2.93. The highest BCUT2D eigenvalue weighted by atomic mass is 35.5. The Bertz CT molecular complexity index is 475. The quantitative estimate of drug-likeness (QED) is 0.829. The Hall–Kier alpha value is -1.06. The van der Waals surface area contributed by atoms with Crippen molar-refractivity contribution in [3.8, 4) is 0 Å². The highest BCUT2D eigenvalue weighted by molar-refractivity contribution is 6.65. The van der Waals surface area contributed by atoms with E-state index >= 15 is 0 Å². The maximum absolute atomic E-state index is 5.93. The number of halogens is 1.